The number of carbonyl (C=O) groups is 2. The fourth-order valence-electron chi connectivity index (χ4n) is 3.08. The molecule has 1 N–H and O–H groups in total. The van der Waals surface area contributed by atoms with E-state index in [1.54, 1.807) is 4.90 Å². The summed E-state index contributed by atoms with van der Waals surface area (Å²) in [7, 11) is 0. The first-order valence-corrected chi connectivity index (χ1v) is 8.06. The van der Waals surface area contributed by atoms with Crippen molar-refractivity contribution in [2.75, 3.05) is 18.1 Å². The summed E-state index contributed by atoms with van der Waals surface area (Å²) in [4.78, 5) is 26.5. The molecule has 6 heteroatoms. The molecule has 2 aliphatic rings. The number of benzene rings is 1. The van der Waals surface area contributed by atoms with Gasteiger partial charge in [0, 0.05) is 11.7 Å². The van der Waals surface area contributed by atoms with Crippen LogP contribution in [0.4, 0.5) is 5.69 Å². The van der Waals surface area contributed by atoms with Crippen molar-refractivity contribution < 1.29 is 19.1 Å². The topological polar surface area (TPSA) is 67.9 Å². The summed E-state index contributed by atoms with van der Waals surface area (Å²) in [6.45, 7) is 3.21. The minimum Gasteiger partial charge on any atom is -0.352 e. The highest BCUT2D eigenvalue weighted by molar-refractivity contribution is 6.02. The quantitative estimate of drug-likeness (QED) is 0.912. The maximum atomic E-state index is 12.6. The van der Waals surface area contributed by atoms with Gasteiger partial charge >= 0.3 is 0 Å². The standard InChI is InChI=1S/C17H22N2O4/c1-12-10-14(17(21)19(12)13-6-3-2-4-7-13)18-15(20)11-16-22-8-5-9-23-16/h2-4,6-7,12,14,16H,5,8-11H2,1H3,(H,18,20)/t12-,14+/m1/s1. The second-order valence-corrected chi connectivity index (χ2v) is 5.98. The first kappa shape index (κ1) is 16.0. The number of hydrogen-bond acceptors (Lipinski definition) is 4. The second kappa shape index (κ2) is 7.10. The van der Waals surface area contributed by atoms with Crippen molar-refractivity contribution in [3.8, 4) is 0 Å². The Balaban J connectivity index is 1.58. The van der Waals surface area contributed by atoms with E-state index in [1.807, 2.05) is 37.3 Å². The van der Waals surface area contributed by atoms with Gasteiger partial charge in [0.05, 0.1) is 19.6 Å². The monoisotopic (exact) mass is 318 g/mol. The van der Waals surface area contributed by atoms with Gasteiger partial charge in [0.15, 0.2) is 6.29 Å². The lowest BCUT2D eigenvalue weighted by atomic mass is 10.2. The zero-order chi connectivity index (χ0) is 16.2. The van der Waals surface area contributed by atoms with E-state index in [4.69, 9.17) is 9.47 Å². The number of anilines is 1. The zero-order valence-electron chi connectivity index (χ0n) is 13.2. The molecule has 2 saturated heterocycles. The summed E-state index contributed by atoms with van der Waals surface area (Å²) in [6, 6.07) is 9.10. The maximum absolute atomic E-state index is 12.6. The van der Waals surface area contributed by atoms with Gasteiger partial charge in [0.2, 0.25) is 11.8 Å². The lowest BCUT2D eigenvalue weighted by Gasteiger charge is -2.23. The van der Waals surface area contributed by atoms with Gasteiger partial charge in [0.1, 0.15) is 6.04 Å². The molecule has 0 aromatic heterocycles. The van der Waals surface area contributed by atoms with E-state index in [9.17, 15) is 9.59 Å². The molecule has 6 nitrogen and oxygen atoms in total. The van der Waals surface area contributed by atoms with Crippen LogP contribution in [0.25, 0.3) is 0 Å². The molecular formula is C17H22N2O4. The molecule has 2 heterocycles. The van der Waals surface area contributed by atoms with Crippen LogP contribution in [0.1, 0.15) is 26.2 Å². The number of carbonyl (C=O) groups excluding carboxylic acids is 2. The number of hydrogen-bond donors (Lipinski definition) is 1. The van der Waals surface area contributed by atoms with Gasteiger partial charge in [-0.2, -0.15) is 0 Å². The number of nitrogens with zero attached hydrogens (tertiary/aromatic N) is 1. The van der Waals surface area contributed by atoms with Crippen molar-refractivity contribution in [2.45, 2.75) is 44.6 Å². The summed E-state index contributed by atoms with van der Waals surface area (Å²) < 4.78 is 10.7. The van der Waals surface area contributed by atoms with Crippen LogP contribution in [0, 0.1) is 0 Å². The van der Waals surface area contributed by atoms with Gasteiger partial charge < -0.3 is 19.7 Å². The van der Waals surface area contributed by atoms with Crippen LogP contribution in [-0.4, -0.2) is 43.4 Å². The highest BCUT2D eigenvalue weighted by Crippen LogP contribution is 2.26. The van der Waals surface area contributed by atoms with Gasteiger partial charge in [-0.05, 0) is 31.9 Å². The Morgan fingerprint density at radius 3 is 2.65 bits per heavy atom. The van der Waals surface area contributed by atoms with Gasteiger partial charge in [-0.3, -0.25) is 9.59 Å². The van der Waals surface area contributed by atoms with Gasteiger partial charge in [-0.25, -0.2) is 0 Å². The van der Waals surface area contributed by atoms with E-state index in [1.165, 1.54) is 0 Å². The Morgan fingerprint density at radius 1 is 1.26 bits per heavy atom. The Kier molecular flexibility index (Phi) is 4.93. The average molecular weight is 318 g/mol. The molecule has 2 amide bonds. The van der Waals surface area contributed by atoms with Crippen molar-refractivity contribution >= 4 is 17.5 Å². The molecule has 0 radical (unpaired) electrons. The minimum atomic E-state index is -0.497. The Bertz CT molecular complexity index is 557. The molecule has 0 aliphatic carbocycles. The molecule has 0 bridgehead atoms. The highest BCUT2D eigenvalue weighted by Gasteiger charge is 2.39. The number of ether oxygens (including phenoxy) is 2. The molecule has 0 unspecified atom stereocenters. The average Bonchev–Trinajstić information content (AvgIpc) is 2.83. The Hall–Kier alpha value is -1.92. The van der Waals surface area contributed by atoms with Crippen molar-refractivity contribution in [3.63, 3.8) is 0 Å². The van der Waals surface area contributed by atoms with Crippen LogP contribution >= 0.6 is 0 Å². The number of nitrogens with one attached hydrogen (secondary N) is 1. The van der Waals surface area contributed by atoms with E-state index >= 15 is 0 Å². The summed E-state index contributed by atoms with van der Waals surface area (Å²) >= 11 is 0. The molecule has 1 aromatic rings. The molecule has 2 aliphatic heterocycles. The van der Waals surface area contributed by atoms with Crippen molar-refractivity contribution in [1.29, 1.82) is 0 Å². The molecule has 2 fully saturated rings. The summed E-state index contributed by atoms with van der Waals surface area (Å²) in [5.41, 5.74) is 0.862. The van der Waals surface area contributed by atoms with Crippen LogP contribution < -0.4 is 10.2 Å². The summed E-state index contributed by atoms with van der Waals surface area (Å²) in [5.74, 6) is -0.278. The fourth-order valence-corrected chi connectivity index (χ4v) is 3.08. The molecule has 1 aromatic carbocycles. The van der Waals surface area contributed by atoms with Crippen molar-refractivity contribution in [3.05, 3.63) is 30.3 Å². The predicted molar refractivity (Wildman–Crippen MR) is 84.9 cm³/mol. The molecule has 124 valence electrons. The molecule has 0 spiro atoms. The first-order valence-electron chi connectivity index (χ1n) is 8.06. The first-order chi connectivity index (χ1) is 11.1. The minimum absolute atomic E-state index is 0.0531. The van der Waals surface area contributed by atoms with Crippen LogP contribution in [0.2, 0.25) is 0 Å². The third-order valence-electron chi connectivity index (χ3n) is 4.17. The van der Waals surface area contributed by atoms with Crippen molar-refractivity contribution in [1.82, 2.24) is 5.32 Å². The largest absolute Gasteiger partial charge is 0.352 e. The van der Waals surface area contributed by atoms with Crippen LogP contribution in [0.3, 0.4) is 0 Å². The number of rotatable bonds is 4. The Labute approximate surface area is 135 Å². The normalized spacial score (nSPS) is 25.6. The highest BCUT2D eigenvalue weighted by atomic mass is 16.7. The summed E-state index contributed by atoms with van der Waals surface area (Å²) in [5, 5.41) is 2.82. The lowest BCUT2D eigenvalue weighted by molar-refractivity contribution is -0.184. The number of amides is 2. The lowest BCUT2D eigenvalue weighted by Crippen LogP contribution is -2.43. The third-order valence-corrected chi connectivity index (χ3v) is 4.17. The third kappa shape index (κ3) is 3.71. The maximum Gasteiger partial charge on any atom is 0.249 e. The van der Waals surface area contributed by atoms with E-state index < -0.39 is 12.3 Å². The molecule has 3 rings (SSSR count). The van der Waals surface area contributed by atoms with Gasteiger partial charge in [-0.15, -0.1) is 0 Å². The zero-order valence-corrected chi connectivity index (χ0v) is 13.2. The van der Waals surface area contributed by atoms with Crippen LogP contribution in [-0.2, 0) is 19.1 Å². The second-order valence-electron chi connectivity index (χ2n) is 5.98. The van der Waals surface area contributed by atoms with Crippen LogP contribution in [0.15, 0.2) is 30.3 Å². The van der Waals surface area contributed by atoms with Gasteiger partial charge in [0.25, 0.3) is 0 Å². The molecule has 23 heavy (non-hydrogen) atoms. The van der Waals surface area contributed by atoms with E-state index in [2.05, 4.69) is 5.32 Å². The fraction of sp³-hybridized carbons (Fsp3) is 0.529. The number of para-hydroxylation sites is 1. The smallest absolute Gasteiger partial charge is 0.249 e. The SMILES string of the molecule is C[C@@H]1C[C@H](NC(=O)CC2OCCCO2)C(=O)N1c1ccccc1. The predicted octanol–water partition coefficient (Wildman–Crippen LogP) is 1.45. The summed E-state index contributed by atoms with van der Waals surface area (Å²) in [6.07, 6.45) is 1.08. The molecular weight excluding hydrogens is 296 g/mol. The van der Waals surface area contributed by atoms with E-state index in [0.29, 0.717) is 19.6 Å². The van der Waals surface area contributed by atoms with Crippen LogP contribution in [0.5, 0.6) is 0 Å². The van der Waals surface area contributed by atoms with E-state index in [0.717, 1.165) is 12.1 Å². The molecule has 0 saturated carbocycles. The van der Waals surface area contributed by atoms with E-state index in [-0.39, 0.29) is 24.3 Å². The Morgan fingerprint density at radius 2 is 1.96 bits per heavy atom. The van der Waals surface area contributed by atoms with Crippen molar-refractivity contribution in [2.24, 2.45) is 0 Å². The van der Waals surface area contributed by atoms with Gasteiger partial charge in [-0.1, -0.05) is 18.2 Å². The molecule has 2 atom stereocenters.